The van der Waals surface area contributed by atoms with E-state index in [1.54, 1.807) is 24.7 Å². The third-order valence-corrected chi connectivity index (χ3v) is 4.97. The van der Waals surface area contributed by atoms with Crippen LogP contribution in [0.15, 0.2) is 47.7 Å². The molecule has 4 aromatic rings. The highest BCUT2D eigenvalue weighted by Crippen LogP contribution is 2.30. The molecule has 0 saturated heterocycles. The van der Waals surface area contributed by atoms with Gasteiger partial charge in [-0.15, -0.1) is 0 Å². The Morgan fingerprint density at radius 3 is 2.96 bits per heavy atom. The number of aryl methyl sites for hydroxylation is 1. The number of hydrogen-bond acceptors (Lipinski definition) is 6. The molecule has 3 heterocycles. The third kappa shape index (κ3) is 2.33. The molecule has 0 unspecified atom stereocenters. The normalized spacial score (nSPS) is 11.2. The van der Waals surface area contributed by atoms with E-state index in [2.05, 4.69) is 15.0 Å². The van der Waals surface area contributed by atoms with Gasteiger partial charge in [0.2, 0.25) is 0 Å². The van der Waals surface area contributed by atoms with E-state index in [1.165, 1.54) is 11.3 Å². The number of anilines is 2. The van der Waals surface area contributed by atoms with Crippen molar-refractivity contribution in [3.8, 4) is 0 Å². The van der Waals surface area contributed by atoms with Gasteiger partial charge in [-0.2, -0.15) is 4.98 Å². The molecule has 0 N–H and O–H groups in total. The largest absolute Gasteiger partial charge is 0.334 e. The van der Waals surface area contributed by atoms with Gasteiger partial charge >= 0.3 is 0 Å². The van der Waals surface area contributed by atoms with Crippen LogP contribution in [0.2, 0.25) is 0 Å². The SMILES string of the molecule is CCN(c1ccc2c(c1)ncn2C)c1nc(=O)c2cccnc2s1. The number of imidazole rings is 1. The molecule has 0 aliphatic heterocycles. The minimum absolute atomic E-state index is 0.246. The standard InChI is InChI=1S/C17H15N5OS/c1-3-22(11-6-7-14-13(9-11)19-10-21(14)2)17-20-15(23)12-5-4-8-18-16(12)24-17/h4-10H,3H2,1-2H3. The van der Waals surface area contributed by atoms with E-state index >= 15 is 0 Å². The van der Waals surface area contributed by atoms with Gasteiger partial charge in [0.15, 0.2) is 5.13 Å². The van der Waals surface area contributed by atoms with Gasteiger partial charge in [-0.05, 0) is 37.3 Å². The molecular formula is C17H15N5OS. The van der Waals surface area contributed by atoms with Crippen molar-refractivity contribution >= 4 is 43.4 Å². The first kappa shape index (κ1) is 14.8. The summed E-state index contributed by atoms with van der Waals surface area (Å²) in [5, 5.41) is 1.20. The van der Waals surface area contributed by atoms with E-state index in [9.17, 15) is 4.79 Å². The van der Waals surface area contributed by atoms with Crippen LogP contribution in [0.25, 0.3) is 21.3 Å². The van der Waals surface area contributed by atoms with Crippen molar-refractivity contribution < 1.29 is 0 Å². The molecule has 0 bridgehead atoms. The van der Waals surface area contributed by atoms with E-state index in [0.717, 1.165) is 16.7 Å². The first-order chi connectivity index (χ1) is 11.7. The minimum atomic E-state index is -0.246. The van der Waals surface area contributed by atoms with Crippen molar-refractivity contribution in [2.75, 3.05) is 11.4 Å². The third-order valence-electron chi connectivity index (χ3n) is 3.95. The Morgan fingerprint density at radius 1 is 1.25 bits per heavy atom. The topological polar surface area (TPSA) is 63.9 Å². The lowest BCUT2D eigenvalue weighted by molar-refractivity contribution is 0.947. The summed E-state index contributed by atoms with van der Waals surface area (Å²) in [4.78, 5) is 27.9. The number of fused-ring (bicyclic) bond motifs is 2. The first-order valence-corrected chi connectivity index (χ1v) is 8.43. The zero-order valence-corrected chi connectivity index (χ0v) is 14.1. The summed E-state index contributed by atoms with van der Waals surface area (Å²) in [5.41, 5.74) is 2.70. The molecule has 0 radical (unpaired) electrons. The molecule has 24 heavy (non-hydrogen) atoms. The van der Waals surface area contributed by atoms with Crippen LogP contribution >= 0.6 is 11.3 Å². The van der Waals surface area contributed by atoms with E-state index in [4.69, 9.17) is 0 Å². The lowest BCUT2D eigenvalue weighted by Gasteiger charge is -2.21. The van der Waals surface area contributed by atoms with Crippen LogP contribution in [-0.4, -0.2) is 26.1 Å². The van der Waals surface area contributed by atoms with Crippen molar-refractivity contribution in [3.05, 3.63) is 53.2 Å². The molecule has 0 fully saturated rings. The van der Waals surface area contributed by atoms with Gasteiger partial charge in [0.25, 0.3) is 5.56 Å². The van der Waals surface area contributed by atoms with Crippen LogP contribution in [0.3, 0.4) is 0 Å². The fraction of sp³-hybridized carbons (Fsp3) is 0.176. The van der Waals surface area contributed by atoms with Crippen molar-refractivity contribution in [2.45, 2.75) is 6.92 Å². The van der Waals surface area contributed by atoms with Gasteiger partial charge < -0.3 is 9.47 Å². The molecule has 3 aromatic heterocycles. The summed E-state index contributed by atoms with van der Waals surface area (Å²) in [7, 11) is 1.97. The van der Waals surface area contributed by atoms with E-state index in [1.807, 2.05) is 41.6 Å². The molecule has 4 rings (SSSR count). The maximum Gasteiger partial charge on any atom is 0.282 e. The van der Waals surface area contributed by atoms with Gasteiger partial charge in [0, 0.05) is 25.5 Å². The second-order valence-corrected chi connectivity index (χ2v) is 6.39. The molecule has 6 nitrogen and oxygen atoms in total. The van der Waals surface area contributed by atoms with Crippen LogP contribution in [0, 0.1) is 0 Å². The second kappa shape index (κ2) is 5.68. The summed E-state index contributed by atoms with van der Waals surface area (Å²) < 4.78 is 1.98. The van der Waals surface area contributed by atoms with E-state index in [-0.39, 0.29) is 5.56 Å². The monoisotopic (exact) mass is 337 g/mol. The zero-order chi connectivity index (χ0) is 16.7. The summed E-state index contributed by atoms with van der Waals surface area (Å²) in [6.45, 7) is 2.73. The summed E-state index contributed by atoms with van der Waals surface area (Å²) in [6, 6.07) is 9.58. The number of rotatable bonds is 3. The Kier molecular flexibility index (Phi) is 3.50. The second-order valence-electron chi connectivity index (χ2n) is 5.43. The molecular weight excluding hydrogens is 322 g/mol. The molecule has 0 spiro atoms. The average Bonchev–Trinajstić information content (AvgIpc) is 2.96. The maximum absolute atomic E-state index is 12.3. The molecule has 1 aromatic carbocycles. The molecule has 120 valence electrons. The predicted octanol–water partition coefficient (Wildman–Crippen LogP) is 3.10. The minimum Gasteiger partial charge on any atom is -0.334 e. The van der Waals surface area contributed by atoms with Crippen molar-refractivity contribution in [1.29, 1.82) is 0 Å². The van der Waals surface area contributed by atoms with Crippen molar-refractivity contribution in [2.24, 2.45) is 7.05 Å². The lowest BCUT2D eigenvalue weighted by atomic mass is 10.2. The number of hydrogen-bond donors (Lipinski definition) is 0. The maximum atomic E-state index is 12.3. The van der Waals surface area contributed by atoms with Crippen molar-refractivity contribution in [3.63, 3.8) is 0 Å². The van der Waals surface area contributed by atoms with Gasteiger partial charge in [-0.3, -0.25) is 4.79 Å². The van der Waals surface area contributed by atoms with Gasteiger partial charge in [-0.25, -0.2) is 9.97 Å². The van der Waals surface area contributed by atoms with E-state index in [0.29, 0.717) is 21.9 Å². The quantitative estimate of drug-likeness (QED) is 0.575. The fourth-order valence-corrected chi connectivity index (χ4v) is 3.75. The van der Waals surface area contributed by atoms with Crippen LogP contribution in [-0.2, 0) is 7.05 Å². The highest BCUT2D eigenvalue weighted by Gasteiger charge is 2.14. The zero-order valence-electron chi connectivity index (χ0n) is 13.3. The Bertz CT molecular complexity index is 1100. The van der Waals surface area contributed by atoms with Crippen LogP contribution in [0.4, 0.5) is 10.8 Å². The number of benzene rings is 1. The summed E-state index contributed by atoms with van der Waals surface area (Å²) in [5.74, 6) is 0. The van der Waals surface area contributed by atoms with Crippen LogP contribution < -0.4 is 10.5 Å². The van der Waals surface area contributed by atoms with Crippen LogP contribution in [0.1, 0.15) is 6.92 Å². The molecule has 0 amide bonds. The average molecular weight is 337 g/mol. The van der Waals surface area contributed by atoms with Gasteiger partial charge in [0.1, 0.15) is 4.83 Å². The van der Waals surface area contributed by atoms with Gasteiger partial charge in [-0.1, -0.05) is 11.3 Å². The Hall–Kier alpha value is -2.80. The Balaban J connectivity index is 1.86. The highest BCUT2D eigenvalue weighted by atomic mass is 32.1. The van der Waals surface area contributed by atoms with Crippen LogP contribution in [0.5, 0.6) is 0 Å². The first-order valence-electron chi connectivity index (χ1n) is 7.62. The molecule has 0 aliphatic carbocycles. The highest BCUT2D eigenvalue weighted by molar-refractivity contribution is 7.21. The smallest absolute Gasteiger partial charge is 0.282 e. The summed E-state index contributed by atoms with van der Waals surface area (Å²) >= 11 is 1.42. The number of pyridine rings is 1. The number of nitrogens with zero attached hydrogens (tertiary/aromatic N) is 5. The Morgan fingerprint density at radius 2 is 2.12 bits per heavy atom. The van der Waals surface area contributed by atoms with Crippen molar-refractivity contribution in [1.82, 2.24) is 19.5 Å². The Labute approximate surface area is 142 Å². The fourth-order valence-electron chi connectivity index (χ4n) is 2.73. The molecule has 0 saturated carbocycles. The number of aromatic nitrogens is 4. The summed E-state index contributed by atoms with van der Waals surface area (Å²) in [6.07, 6.45) is 3.49. The molecule has 0 atom stereocenters. The predicted molar refractivity (Wildman–Crippen MR) is 97.1 cm³/mol. The van der Waals surface area contributed by atoms with E-state index < -0.39 is 0 Å². The molecule has 7 heteroatoms. The molecule has 0 aliphatic rings. The van der Waals surface area contributed by atoms with Gasteiger partial charge in [0.05, 0.1) is 22.7 Å². The lowest BCUT2D eigenvalue weighted by Crippen LogP contribution is -2.20.